The summed E-state index contributed by atoms with van der Waals surface area (Å²) in [7, 11) is -3.89. The van der Waals surface area contributed by atoms with Gasteiger partial charge in [-0.3, -0.25) is 0 Å². The Morgan fingerprint density at radius 2 is 2.10 bits per heavy atom. The van der Waals surface area contributed by atoms with E-state index >= 15 is 0 Å². The van der Waals surface area contributed by atoms with Crippen LogP contribution in [0, 0.1) is 11.3 Å². The fraction of sp³-hybridized carbons (Fsp3) is 0.308. The third-order valence-electron chi connectivity index (χ3n) is 3.36. The minimum atomic E-state index is -3.89. The van der Waals surface area contributed by atoms with E-state index < -0.39 is 26.9 Å². The summed E-state index contributed by atoms with van der Waals surface area (Å²) in [5.74, 6) is -0.718. The van der Waals surface area contributed by atoms with Crippen molar-refractivity contribution in [2.75, 3.05) is 5.75 Å². The largest absolute Gasteiger partial charge is 0.268 e. The number of aromatic nitrogens is 3. The van der Waals surface area contributed by atoms with Gasteiger partial charge in [0.2, 0.25) is 9.84 Å². The van der Waals surface area contributed by atoms with Crippen molar-refractivity contribution >= 4 is 9.84 Å². The van der Waals surface area contributed by atoms with Gasteiger partial charge in [-0.1, -0.05) is 30.3 Å². The first-order chi connectivity index (χ1) is 10.0. The molecule has 0 radical (unpaired) electrons. The summed E-state index contributed by atoms with van der Waals surface area (Å²) >= 11 is 0. The topological polar surface area (TPSA) is 88.6 Å². The summed E-state index contributed by atoms with van der Waals surface area (Å²) < 4.78 is 39.0. The quantitative estimate of drug-likeness (QED) is 0.859. The highest BCUT2D eigenvalue weighted by atomic mass is 32.2. The normalized spacial score (nSPS) is 21.0. The lowest BCUT2D eigenvalue weighted by atomic mass is 10.0. The Morgan fingerprint density at radius 1 is 1.38 bits per heavy atom. The maximum absolute atomic E-state index is 14.1. The van der Waals surface area contributed by atoms with E-state index in [1.54, 1.807) is 6.07 Å². The maximum Gasteiger partial charge on any atom is 0.268 e. The smallest absolute Gasteiger partial charge is 0.239 e. The standard InChI is InChI=1S/C13H11FN4O2S/c14-10-8-11(9-4-2-1-3-5-9)18-12(10)16-13(17-18)21(19,20)7-6-15/h1-5,10-11H,7-8H2/t10-,11-/m0/s1. The van der Waals surface area contributed by atoms with Crippen molar-refractivity contribution in [3.63, 3.8) is 0 Å². The van der Waals surface area contributed by atoms with Crippen molar-refractivity contribution < 1.29 is 12.8 Å². The summed E-state index contributed by atoms with van der Waals surface area (Å²) in [4.78, 5) is 3.78. The number of alkyl halides is 1. The van der Waals surface area contributed by atoms with Crippen LogP contribution in [0.1, 0.15) is 30.0 Å². The lowest BCUT2D eigenvalue weighted by Crippen LogP contribution is -2.11. The SMILES string of the molecule is N#CCS(=O)(=O)c1nc2n(n1)[C@H](c1ccccc1)C[C@@H]2F. The van der Waals surface area contributed by atoms with E-state index in [0.717, 1.165) is 5.56 Å². The molecule has 8 heteroatoms. The van der Waals surface area contributed by atoms with Crippen LogP contribution < -0.4 is 0 Å². The molecule has 0 saturated heterocycles. The van der Waals surface area contributed by atoms with Crippen molar-refractivity contribution in [3.8, 4) is 6.07 Å². The van der Waals surface area contributed by atoms with Crippen molar-refractivity contribution in [2.45, 2.75) is 23.8 Å². The third-order valence-corrected chi connectivity index (χ3v) is 4.60. The highest BCUT2D eigenvalue weighted by Crippen LogP contribution is 2.39. The first kappa shape index (κ1) is 13.7. The number of nitrogens with zero attached hydrogens (tertiary/aromatic N) is 4. The Labute approximate surface area is 120 Å². The zero-order valence-corrected chi connectivity index (χ0v) is 11.7. The van der Waals surface area contributed by atoms with E-state index in [0.29, 0.717) is 0 Å². The number of hydrogen-bond donors (Lipinski definition) is 0. The molecule has 0 amide bonds. The first-order valence-electron chi connectivity index (χ1n) is 6.28. The molecular weight excluding hydrogens is 295 g/mol. The summed E-state index contributed by atoms with van der Waals surface area (Å²) in [5.41, 5.74) is 0.841. The van der Waals surface area contributed by atoms with E-state index in [2.05, 4.69) is 10.1 Å². The van der Waals surface area contributed by atoms with Crippen LogP contribution in [0.15, 0.2) is 35.5 Å². The molecule has 1 aliphatic heterocycles. The van der Waals surface area contributed by atoms with E-state index in [-0.39, 0.29) is 18.3 Å². The lowest BCUT2D eigenvalue weighted by Gasteiger charge is -2.11. The van der Waals surface area contributed by atoms with Crippen LogP contribution in [-0.4, -0.2) is 28.9 Å². The summed E-state index contributed by atoms with van der Waals surface area (Å²) in [6.07, 6.45) is -1.19. The molecule has 2 heterocycles. The van der Waals surface area contributed by atoms with Crippen LogP contribution in [-0.2, 0) is 9.84 Å². The van der Waals surface area contributed by atoms with Crippen LogP contribution in [0.25, 0.3) is 0 Å². The van der Waals surface area contributed by atoms with Gasteiger partial charge >= 0.3 is 0 Å². The highest BCUT2D eigenvalue weighted by Gasteiger charge is 2.37. The fourth-order valence-electron chi connectivity index (χ4n) is 2.39. The molecule has 2 aromatic rings. The minimum Gasteiger partial charge on any atom is -0.239 e. The van der Waals surface area contributed by atoms with Crippen LogP contribution in [0.5, 0.6) is 0 Å². The molecule has 2 atom stereocenters. The van der Waals surface area contributed by atoms with E-state index in [9.17, 15) is 12.8 Å². The third kappa shape index (κ3) is 2.29. The number of fused-ring (bicyclic) bond motifs is 1. The Morgan fingerprint density at radius 3 is 2.76 bits per heavy atom. The Balaban J connectivity index is 2.05. The van der Waals surface area contributed by atoms with Crippen LogP contribution in [0.3, 0.4) is 0 Å². The van der Waals surface area contributed by atoms with Gasteiger partial charge in [0.15, 0.2) is 12.0 Å². The van der Waals surface area contributed by atoms with Crippen molar-refractivity contribution in [2.24, 2.45) is 0 Å². The molecule has 1 aliphatic rings. The minimum absolute atomic E-state index is 0.000341. The predicted molar refractivity (Wildman–Crippen MR) is 70.7 cm³/mol. The first-order valence-corrected chi connectivity index (χ1v) is 7.93. The average Bonchev–Trinajstić information content (AvgIpc) is 3.01. The van der Waals surface area contributed by atoms with Gasteiger partial charge < -0.3 is 0 Å². The highest BCUT2D eigenvalue weighted by molar-refractivity contribution is 7.91. The van der Waals surface area contributed by atoms with Gasteiger partial charge in [0.05, 0.1) is 12.1 Å². The fourth-order valence-corrected chi connectivity index (χ4v) is 3.14. The van der Waals surface area contributed by atoms with E-state index in [4.69, 9.17) is 5.26 Å². The second kappa shape index (κ2) is 4.93. The second-order valence-electron chi connectivity index (χ2n) is 4.74. The van der Waals surface area contributed by atoms with Crippen LogP contribution in [0.4, 0.5) is 4.39 Å². The molecule has 1 aromatic heterocycles. The molecule has 6 nitrogen and oxygen atoms in total. The number of hydrogen-bond acceptors (Lipinski definition) is 5. The van der Waals surface area contributed by atoms with Gasteiger partial charge in [0.1, 0.15) is 5.75 Å². The summed E-state index contributed by atoms with van der Waals surface area (Å²) in [6.45, 7) is 0. The maximum atomic E-state index is 14.1. The molecule has 1 aromatic carbocycles. The molecule has 0 fully saturated rings. The Bertz CT molecular complexity index is 810. The predicted octanol–water partition coefficient (Wildman–Crippen LogP) is 1.58. The Hall–Kier alpha value is -2.27. The van der Waals surface area contributed by atoms with E-state index in [1.807, 2.05) is 30.3 Å². The number of halogens is 1. The van der Waals surface area contributed by atoms with Crippen LogP contribution in [0.2, 0.25) is 0 Å². The molecule has 0 N–H and O–H groups in total. The average molecular weight is 306 g/mol. The van der Waals surface area contributed by atoms with Crippen molar-refractivity contribution in [1.29, 1.82) is 5.26 Å². The summed E-state index contributed by atoms with van der Waals surface area (Å²) in [6, 6.07) is 10.3. The molecule has 0 bridgehead atoms. The van der Waals surface area contributed by atoms with Crippen LogP contribution >= 0.6 is 0 Å². The van der Waals surface area contributed by atoms with Gasteiger partial charge in [-0.15, -0.1) is 5.10 Å². The zero-order valence-electron chi connectivity index (χ0n) is 10.8. The molecule has 108 valence electrons. The van der Waals surface area contributed by atoms with Gasteiger partial charge in [0, 0.05) is 6.42 Å². The second-order valence-corrected chi connectivity index (χ2v) is 6.63. The number of nitriles is 1. The summed E-state index contributed by atoms with van der Waals surface area (Å²) in [5, 5.41) is 12.0. The molecule has 0 aliphatic carbocycles. The van der Waals surface area contributed by atoms with Gasteiger partial charge in [-0.2, -0.15) is 10.2 Å². The van der Waals surface area contributed by atoms with Crippen molar-refractivity contribution in [3.05, 3.63) is 41.7 Å². The number of rotatable bonds is 3. The molecule has 0 unspecified atom stereocenters. The molecule has 21 heavy (non-hydrogen) atoms. The van der Waals surface area contributed by atoms with Gasteiger partial charge in [0.25, 0.3) is 5.16 Å². The zero-order chi connectivity index (χ0) is 15.0. The monoisotopic (exact) mass is 306 g/mol. The van der Waals surface area contributed by atoms with E-state index in [1.165, 1.54) is 4.68 Å². The van der Waals surface area contributed by atoms with Gasteiger partial charge in [-0.25, -0.2) is 17.5 Å². The molecular formula is C13H11FN4O2S. The molecule has 3 rings (SSSR count). The molecule has 0 saturated carbocycles. The number of benzene rings is 1. The van der Waals surface area contributed by atoms with Crippen molar-refractivity contribution in [1.82, 2.24) is 14.8 Å². The number of sulfone groups is 1. The lowest BCUT2D eigenvalue weighted by molar-refractivity contribution is 0.326. The van der Waals surface area contributed by atoms with Gasteiger partial charge in [-0.05, 0) is 5.56 Å². The molecule has 0 spiro atoms. The Kier molecular flexibility index (Phi) is 3.22.